The number of rotatable bonds is 5. The maximum Gasteiger partial charge on any atom is 0.317 e. The third-order valence-electron chi connectivity index (χ3n) is 4.01. The molecule has 0 bridgehead atoms. The predicted molar refractivity (Wildman–Crippen MR) is 87.2 cm³/mol. The molecule has 122 valence electrons. The van der Waals surface area contributed by atoms with Crippen molar-refractivity contribution >= 4 is 22.0 Å². The van der Waals surface area contributed by atoms with Crippen LogP contribution < -0.4 is 5.32 Å². The molecule has 2 N–H and O–H groups in total. The maximum absolute atomic E-state index is 13.2. The first kappa shape index (κ1) is 17.2. The van der Waals surface area contributed by atoms with Crippen LogP contribution in [0.5, 0.6) is 0 Å². The van der Waals surface area contributed by atoms with Crippen LogP contribution in [-0.2, 0) is 6.42 Å². The van der Waals surface area contributed by atoms with Gasteiger partial charge in [0.2, 0.25) is 0 Å². The molecule has 6 heteroatoms. The zero-order valence-electron chi connectivity index (χ0n) is 12.7. The lowest BCUT2D eigenvalue weighted by Gasteiger charge is -2.21. The molecule has 22 heavy (non-hydrogen) atoms. The van der Waals surface area contributed by atoms with Crippen LogP contribution in [0.3, 0.4) is 0 Å². The van der Waals surface area contributed by atoms with Crippen molar-refractivity contribution in [3.63, 3.8) is 0 Å². The summed E-state index contributed by atoms with van der Waals surface area (Å²) in [5.41, 5.74) is 0.973. The summed E-state index contributed by atoms with van der Waals surface area (Å²) in [7, 11) is 0. The van der Waals surface area contributed by atoms with E-state index in [4.69, 9.17) is 5.11 Å². The largest absolute Gasteiger partial charge is 0.396 e. The molecule has 4 nitrogen and oxygen atoms in total. The molecule has 0 aromatic heterocycles. The van der Waals surface area contributed by atoms with E-state index in [2.05, 4.69) is 21.2 Å². The summed E-state index contributed by atoms with van der Waals surface area (Å²) in [6.07, 6.45) is 2.36. The lowest BCUT2D eigenvalue weighted by atomic mass is 10.1. The van der Waals surface area contributed by atoms with E-state index in [-0.39, 0.29) is 24.5 Å². The van der Waals surface area contributed by atoms with Crippen LogP contribution in [-0.4, -0.2) is 41.8 Å². The van der Waals surface area contributed by atoms with Crippen molar-refractivity contribution < 1.29 is 14.3 Å². The highest BCUT2D eigenvalue weighted by Crippen LogP contribution is 2.20. The first-order chi connectivity index (χ1) is 10.5. The highest BCUT2D eigenvalue weighted by molar-refractivity contribution is 9.10. The van der Waals surface area contributed by atoms with E-state index in [0.717, 1.165) is 24.9 Å². The third-order valence-corrected chi connectivity index (χ3v) is 4.61. The van der Waals surface area contributed by atoms with Gasteiger partial charge in [0.05, 0.1) is 4.47 Å². The summed E-state index contributed by atoms with van der Waals surface area (Å²) < 4.78 is 13.6. The Balaban J connectivity index is 1.82. The minimum atomic E-state index is -0.285. The molecule has 1 aromatic carbocycles. The van der Waals surface area contributed by atoms with Crippen LogP contribution in [0.4, 0.5) is 9.18 Å². The Hall–Kier alpha value is -1.14. The molecule has 0 radical (unpaired) electrons. The minimum Gasteiger partial charge on any atom is -0.396 e. The lowest BCUT2D eigenvalue weighted by molar-refractivity contribution is 0.201. The van der Waals surface area contributed by atoms with Crippen LogP contribution in [0.1, 0.15) is 25.3 Å². The van der Waals surface area contributed by atoms with Gasteiger partial charge in [0.25, 0.3) is 0 Å². The summed E-state index contributed by atoms with van der Waals surface area (Å²) in [4.78, 5) is 14.0. The van der Waals surface area contributed by atoms with Gasteiger partial charge in [0.15, 0.2) is 0 Å². The summed E-state index contributed by atoms with van der Waals surface area (Å²) in [5.74, 6) is 0.117. The van der Waals surface area contributed by atoms with Gasteiger partial charge in [-0.3, -0.25) is 0 Å². The smallest absolute Gasteiger partial charge is 0.317 e. The van der Waals surface area contributed by atoms with Gasteiger partial charge < -0.3 is 15.3 Å². The van der Waals surface area contributed by atoms with E-state index in [1.807, 2.05) is 6.92 Å². The number of hydrogen-bond donors (Lipinski definition) is 2. The zero-order chi connectivity index (χ0) is 16.1. The number of carbonyl (C=O) groups is 1. The lowest BCUT2D eigenvalue weighted by Crippen LogP contribution is -2.43. The number of urea groups is 1. The van der Waals surface area contributed by atoms with Gasteiger partial charge in [-0.15, -0.1) is 0 Å². The van der Waals surface area contributed by atoms with Crippen molar-refractivity contribution in [1.82, 2.24) is 10.2 Å². The molecule has 1 aliphatic heterocycles. The van der Waals surface area contributed by atoms with Crippen molar-refractivity contribution in [2.24, 2.45) is 5.92 Å². The molecule has 2 unspecified atom stereocenters. The Bertz CT molecular complexity index is 527. The van der Waals surface area contributed by atoms with Gasteiger partial charge in [-0.2, -0.15) is 0 Å². The van der Waals surface area contributed by atoms with Gasteiger partial charge in [0.1, 0.15) is 5.82 Å². The molecule has 2 amide bonds. The molecule has 1 fully saturated rings. The molecule has 0 aliphatic carbocycles. The molecule has 1 aromatic rings. The number of aliphatic hydroxyl groups is 1. The predicted octanol–water partition coefficient (Wildman–Crippen LogP) is 2.93. The molecule has 2 rings (SSSR count). The second-order valence-electron chi connectivity index (χ2n) is 5.92. The van der Waals surface area contributed by atoms with Crippen molar-refractivity contribution in [1.29, 1.82) is 0 Å². The molecule has 0 saturated carbocycles. The summed E-state index contributed by atoms with van der Waals surface area (Å²) in [6.45, 7) is 3.57. The van der Waals surface area contributed by atoms with E-state index in [1.54, 1.807) is 17.0 Å². The number of aliphatic hydroxyl groups excluding tert-OH is 1. The topological polar surface area (TPSA) is 52.6 Å². The van der Waals surface area contributed by atoms with Gasteiger partial charge in [-0.1, -0.05) is 6.07 Å². The van der Waals surface area contributed by atoms with Gasteiger partial charge in [0, 0.05) is 25.7 Å². The van der Waals surface area contributed by atoms with E-state index >= 15 is 0 Å². The maximum atomic E-state index is 13.2. The third kappa shape index (κ3) is 4.68. The Kier molecular flexibility index (Phi) is 6.20. The number of likely N-dealkylation sites (tertiary alicyclic amines) is 1. The Morgan fingerprint density at radius 3 is 3.05 bits per heavy atom. The normalized spacial score (nSPS) is 19.3. The summed E-state index contributed by atoms with van der Waals surface area (Å²) >= 11 is 3.17. The number of benzene rings is 1. The summed E-state index contributed by atoms with van der Waals surface area (Å²) in [5, 5.41) is 11.9. The first-order valence-corrected chi connectivity index (χ1v) is 8.39. The monoisotopic (exact) mass is 372 g/mol. The molecular weight excluding hydrogens is 351 g/mol. The number of halogens is 2. The van der Waals surface area contributed by atoms with E-state index in [9.17, 15) is 9.18 Å². The molecule has 1 heterocycles. The first-order valence-electron chi connectivity index (χ1n) is 7.59. The number of amides is 2. The zero-order valence-corrected chi connectivity index (χ0v) is 14.3. The Labute approximate surface area is 138 Å². The minimum absolute atomic E-state index is 0.0262. The van der Waals surface area contributed by atoms with Crippen LogP contribution in [0.25, 0.3) is 0 Å². The van der Waals surface area contributed by atoms with Crippen LogP contribution in [0, 0.1) is 11.7 Å². The van der Waals surface area contributed by atoms with Crippen molar-refractivity contribution in [3.8, 4) is 0 Å². The fourth-order valence-corrected chi connectivity index (χ4v) is 3.23. The van der Waals surface area contributed by atoms with E-state index < -0.39 is 0 Å². The van der Waals surface area contributed by atoms with Gasteiger partial charge in [-0.05, 0) is 65.7 Å². The van der Waals surface area contributed by atoms with Crippen LogP contribution in [0.2, 0.25) is 0 Å². The molecule has 2 atom stereocenters. The molecule has 1 saturated heterocycles. The number of nitrogens with one attached hydrogen (secondary N) is 1. The van der Waals surface area contributed by atoms with Crippen molar-refractivity contribution in [3.05, 3.63) is 34.1 Å². The molecular formula is C16H22BrFN2O2. The highest BCUT2D eigenvalue weighted by atomic mass is 79.9. The fourth-order valence-electron chi connectivity index (χ4n) is 2.81. The van der Waals surface area contributed by atoms with E-state index in [0.29, 0.717) is 23.4 Å². The van der Waals surface area contributed by atoms with Crippen molar-refractivity contribution in [2.75, 3.05) is 19.7 Å². The number of nitrogens with zero attached hydrogens (tertiary/aromatic N) is 1. The standard InChI is InChI=1S/C16H22BrFN2O2/c1-11(8-13-2-3-15(18)14(17)9-13)19-16(22)20-6-4-12(10-20)5-7-21/h2-3,9,11-12,21H,4-8,10H2,1H3,(H,19,22). The second kappa shape index (κ2) is 7.92. The number of hydrogen-bond acceptors (Lipinski definition) is 2. The quantitative estimate of drug-likeness (QED) is 0.834. The Morgan fingerprint density at radius 1 is 1.59 bits per heavy atom. The highest BCUT2D eigenvalue weighted by Gasteiger charge is 2.26. The van der Waals surface area contributed by atoms with Crippen molar-refractivity contribution in [2.45, 2.75) is 32.2 Å². The fraction of sp³-hybridized carbons (Fsp3) is 0.562. The number of carbonyl (C=O) groups excluding carboxylic acids is 1. The summed E-state index contributed by atoms with van der Waals surface area (Å²) in [6, 6.07) is 4.81. The molecule has 1 aliphatic rings. The van der Waals surface area contributed by atoms with Crippen LogP contribution >= 0.6 is 15.9 Å². The van der Waals surface area contributed by atoms with E-state index in [1.165, 1.54) is 6.07 Å². The van der Waals surface area contributed by atoms with Gasteiger partial charge in [-0.25, -0.2) is 9.18 Å². The van der Waals surface area contributed by atoms with Crippen LogP contribution in [0.15, 0.2) is 22.7 Å². The SMILES string of the molecule is CC(Cc1ccc(F)c(Br)c1)NC(=O)N1CCC(CCO)C1. The molecule has 0 spiro atoms. The second-order valence-corrected chi connectivity index (χ2v) is 6.77. The average Bonchev–Trinajstić information content (AvgIpc) is 2.92. The van der Waals surface area contributed by atoms with Gasteiger partial charge >= 0.3 is 6.03 Å². The average molecular weight is 373 g/mol. The Morgan fingerprint density at radius 2 is 2.36 bits per heavy atom.